The first-order chi connectivity index (χ1) is 12.7. The highest BCUT2D eigenvalue weighted by Gasteiger charge is 2.03. The molecule has 0 amide bonds. The van der Waals surface area contributed by atoms with Crippen LogP contribution in [0.25, 0.3) is 6.08 Å². The third-order valence-corrected chi connectivity index (χ3v) is 5.44. The number of hydrogen-bond donors (Lipinski definition) is 1. The van der Waals surface area contributed by atoms with Crippen molar-refractivity contribution < 1.29 is 4.79 Å². The molecular weight excluding hydrogens is 338 g/mol. The molecule has 2 nitrogen and oxygen atoms in total. The first-order valence-corrected chi connectivity index (χ1v) is 10.5. The quantitative estimate of drug-likeness (QED) is 0.160. The summed E-state index contributed by atoms with van der Waals surface area (Å²) in [6.45, 7) is 2.24. The lowest BCUT2D eigenvalue weighted by Crippen LogP contribution is -1.93. The van der Waals surface area contributed by atoms with E-state index in [0.29, 0.717) is 5.56 Å². The summed E-state index contributed by atoms with van der Waals surface area (Å²) in [7, 11) is 0. The largest absolute Gasteiger partial charge is 0.398 e. The van der Waals surface area contributed by atoms with Crippen LogP contribution in [0, 0.1) is 0 Å². The number of rotatable bonds is 11. The molecule has 2 rings (SSSR count). The molecule has 2 N–H and O–H groups in total. The maximum atomic E-state index is 12.2. The van der Waals surface area contributed by atoms with Crippen LogP contribution in [0.4, 0.5) is 5.69 Å². The molecule has 2 aromatic rings. The van der Waals surface area contributed by atoms with Gasteiger partial charge in [-0.25, -0.2) is 0 Å². The Bertz CT molecular complexity index is 709. The van der Waals surface area contributed by atoms with Crippen molar-refractivity contribution in [1.29, 1.82) is 0 Å². The predicted octanol–water partition coefficient (Wildman–Crippen LogP) is 6.62. The van der Waals surface area contributed by atoms with Crippen molar-refractivity contribution in [2.24, 2.45) is 0 Å². The van der Waals surface area contributed by atoms with Crippen molar-refractivity contribution in [1.82, 2.24) is 0 Å². The minimum absolute atomic E-state index is 0.0173. The van der Waals surface area contributed by atoms with Gasteiger partial charge in [0, 0.05) is 16.1 Å². The van der Waals surface area contributed by atoms with E-state index >= 15 is 0 Å². The number of nitrogen functional groups attached to an aromatic ring is 1. The molecule has 138 valence electrons. The number of nitrogens with two attached hydrogens (primary N) is 1. The maximum Gasteiger partial charge on any atom is 0.185 e. The summed E-state index contributed by atoms with van der Waals surface area (Å²) in [5.74, 6) is 1.11. The van der Waals surface area contributed by atoms with Gasteiger partial charge in [0.05, 0.1) is 0 Å². The number of ketones is 1. The van der Waals surface area contributed by atoms with Crippen LogP contribution in [0.3, 0.4) is 0 Å². The molecule has 0 radical (unpaired) electrons. The fourth-order valence-electron chi connectivity index (χ4n) is 2.71. The third kappa shape index (κ3) is 7.09. The summed E-state index contributed by atoms with van der Waals surface area (Å²) < 4.78 is 0. The van der Waals surface area contributed by atoms with E-state index in [9.17, 15) is 4.79 Å². The van der Waals surface area contributed by atoms with Crippen LogP contribution >= 0.6 is 11.8 Å². The Labute approximate surface area is 161 Å². The lowest BCUT2D eigenvalue weighted by atomic mass is 10.1. The van der Waals surface area contributed by atoms with Gasteiger partial charge in [0.1, 0.15) is 0 Å². The fraction of sp³-hybridized carbons (Fsp3) is 0.348. The molecule has 0 aromatic heterocycles. The first kappa shape index (κ1) is 20.3. The van der Waals surface area contributed by atoms with Crippen molar-refractivity contribution in [2.75, 3.05) is 11.5 Å². The average molecular weight is 368 g/mol. The minimum Gasteiger partial charge on any atom is -0.398 e. The van der Waals surface area contributed by atoms with Gasteiger partial charge in [-0.1, -0.05) is 81.5 Å². The van der Waals surface area contributed by atoms with Crippen molar-refractivity contribution >= 4 is 29.3 Å². The summed E-state index contributed by atoms with van der Waals surface area (Å²) >= 11 is 1.81. The highest BCUT2D eigenvalue weighted by atomic mass is 32.2. The van der Waals surface area contributed by atoms with Crippen molar-refractivity contribution in [3.63, 3.8) is 0 Å². The maximum absolute atomic E-state index is 12.2. The van der Waals surface area contributed by atoms with Gasteiger partial charge in [0.25, 0.3) is 0 Å². The number of thioether (sulfide) groups is 1. The van der Waals surface area contributed by atoms with Crippen LogP contribution in [0.2, 0.25) is 0 Å². The fourth-order valence-corrected chi connectivity index (χ4v) is 3.74. The Morgan fingerprint density at radius 2 is 1.73 bits per heavy atom. The molecule has 2 aromatic carbocycles. The molecule has 0 aliphatic carbocycles. The van der Waals surface area contributed by atoms with Crippen LogP contribution < -0.4 is 5.73 Å². The number of anilines is 1. The molecule has 0 heterocycles. The van der Waals surface area contributed by atoms with E-state index in [1.807, 2.05) is 60.3 Å². The number of carbonyl (C=O) groups is 1. The Balaban J connectivity index is 1.86. The number of benzene rings is 2. The van der Waals surface area contributed by atoms with Crippen molar-refractivity contribution in [3.05, 3.63) is 65.7 Å². The minimum atomic E-state index is 0.0173. The Morgan fingerprint density at radius 3 is 2.50 bits per heavy atom. The van der Waals surface area contributed by atoms with Gasteiger partial charge in [-0.3, -0.25) is 4.79 Å². The molecule has 0 unspecified atom stereocenters. The molecule has 26 heavy (non-hydrogen) atoms. The Morgan fingerprint density at radius 1 is 1.00 bits per heavy atom. The van der Waals surface area contributed by atoms with E-state index in [0.717, 1.165) is 21.9 Å². The lowest BCUT2D eigenvalue weighted by molar-refractivity contribution is 0.104. The average Bonchev–Trinajstić information content (AvgIpc) is 2.68. The van der Waals surface area contributed by atoms with Gasteiger partial charge in [0.2, 0.25) is 0 Å². The number of allylic oxidation sites excluding steroid dienone is 1. The van der Waals surface area contributed by atoms with Crippen LogP contribution in [0.5, 0.6) is 0 Å². The second-order valence-corrected chi connectivity index (χ2v) is 7.61. The molecule has 0 bridgehead atoms. The van der Waals surface area contributed by atoms with Gasteiger partial charge in [0.15, 0.2) is 5.78 Å². The molecule has 0 saturated heterocycles. The highest BCUT2D eigenvalue weighted by Crippen LogP contribution is 2.28. The first-order valence-electron chi connectivity index (χ1n) is 9.50. The number of hydrogen-bond acceptors (Lipinski definition) is 3. The zero-order valence-electron chi connectivity index (χ0n) is 15.6. The summed E-state index contributed by atoms with van der Waals surface area (Å²) in [5.41, 5.74) is 8.63. The van der Waals surface area contributed by atoms with Crippen LogP contribution in [0.15, 0.2) is 59.5 Å². The smallest absolute Gasteiger partial charge is 0.185 e. The Kier molecular flexibility index (Phi) is 9.05. The standard InChI is InChI=1S/C23H29NOS/c1-2-3-4-5-6-10-17-26-23-18-19(13-15-21(23)24)14-16-22(25)20-11-8-7-9-12-20/h7-9,11-16,18H,2-6,10,17,24H2,1H3. The van der Waals surface area contributed by atoms with E-state index in [1.165, 1.54) is 38.5 Å². The van der Waals surface area contributed by atoms with Crippen LogP contribution in [-0.2, 0) is 0 Å². The third-order valence-electron chi connectivity index (χ3n) is 4.28. The molecular formula is C23H29NOS. The molecule has 0 fully saturated rings. The monoisotopic (exact) mass is 367 g/mol. The normalized spacial score (nSPS) is 11.1. The predicted molar refractivity (Wildman–Crippen MR) is 115 cm³/mol. The molecule has 0 aliphatic rings. The lowest BCUT2D eigenvalue weighted by Gasteiger charge is -2.07. The van der Waals surface area contributed by atoms with E-state index < -0.39 is 0 Å². The SMILES string of the molecule is CCCCCCCCSc1cc(C=CC(=O)c2ccccc2)ccc1N. The Hall–Kier alpha value is -2.00. The topological polar surface area (TPSA) is 43.1 Å². The number of carbonyl (C=O) groups excluding carboxylic acids is 1. The zero-order valence-corrected chi connectivity index (χ0v) is 16.4. The molecule has 0 atom stereocenters. The van der Waals surface area contributed by atoms with E-state index in [1.54, 1.807) is 6.08 Å². The van der Waals surface area contributed by atoms with Crippen LogP contribution in [-0.4, -0.2) is 11.5 Å². The van der Waals surface area contributed by atoms with Gasteiger partial charge >= 0.3 is 0 Å². The second kappa shape index (κ2) is 11.6. The second-order valence-electron chi connectivity index (χ2n) is 6.48. The zero-order chi connectivity index (χ0) is 18.6. The summed E-state index contributed by atoms with van der Waals surface area (Å²) in [6, 6.07) is 15.3. The van der Waals surface area contributed by atoms with Crippen molar-refractivity contribution in [2.45, 2.75) is 50.3 Å². The molecule has 0 aliphatic heterocycles. The van der Waals surface area contributed by atoms with Crippen molar-refractivity contribution in [3.8, 4) is 0 Å². The summed E-state index contributed by atoms with van der Waals surface area (Å²) in [4.78, 5) is 13.3. The van der Waals surface area contributed by atoms with Gasteiger partial charge in [-0.05, 0) is 35.9 Å². The highest BCUT2D eigenvalue weighted by molar-refractivity contribution is 7.99. The van der Waals surface area contributed by atoms with Gasteiger partial charge < -0.3 is 5.73 Å². The molecule has 0 saturated carbocycles. The number of unbranched alkanes of at least 4 members (excludes halogenated alkanes) is 5. The summed E-state index contributed by atoms with van der Waals surface area (Å²) in [5, 5.41) is 0. The van der Waals surface area contributed by atoms with E-state index in [-0.39, 0.29) is 5.78 Å². The van der Waals surface area contributed by atoms with E-state index in [2.05, 4.69) is 13.0 Å². The molecule has 3 heteroatoms. The summed E-state index contributed by atoms with van der Waals surface area (Å²) in [6.07, 6.45) is 11.3. The van der Waals surface area contributed by atoms with Gasteiger partial charge in [-0.15, -0.1) is 11.8 Å². The van der Waals surface area contributed by atoms with E-state index in [4.69, 9.17) is 5.73 Å². The molecule has 0 spiro atoms. The van der Waals surface area contributed by atoms with Gasteiger partial charge in [-0.2, -0.15) is 0 Å². The van der Waals surface area contributed by atoms with Crippen LogP contribution in [0.1, 0.15) is 61.4 Å².